The molecule has 1 saturated heterocycles. The lowest BCUT2D eigenvalue weighted by molar-refractivity contribution is -0.277. The zero-order valence-electron chi connectivity index (χ0n) is 19.9. The van der Waals surface area contributed by atoms with Crippen LogP contribution in [0.5, 0.6) is 34.5 Å². The van der Waals surface area contributed by atoms with Crippen molar-refractivity contribution in [2.45, 2.75) is 30.7 Å². The van der Waals surface area contributed by atoms with E-state index in [1.54, 1.807) is 0 Å². The number of hydrogen-bond acceptors (Lipinski definition) is 13. The van der Waals surface area contributed by atoms with E-state index in [1.165, 1.54) is 45.6 Å². The molecule has 0 amide bonds. The van der Waals surface area contributed by atoms with Crippen molar-refractivity contribution in [3.8, 4) is 45.8 Å². The van der Waals surface area contributed by atoms with Crippen LogP contribution >= 0.6 is 0 Å². The first-order valence-corrected chi connectivity index (χ1v) is 11.0. The van der Waals surface area contributed by atoms with Crippen LogP contribution in [0.25, 0.3) is 22.3 Å². The van der Waals surface area contributed by atoms with Gasteiger partial charge in [0.05, 0.1) is 27.9 Å². The number of aliphatic hydroxyl groups is 4. The van der Waals surface area contributed by atoms with Gasteiger partial charge in [-0.15, -0.1) is 0 Å². The van der Waals surface area contributed by atoms with Crippen LogP contribution in [-0.4, -0.2) is 89.3 Å². The topological polar surface area (TPSA) is 198 Å². The standard InChI is InChI=1S/C24H26O13/c1-32-11-6-9(4-5-10(11)26)21-23(34-3)18(29)15-12(35-21)7-13(33-2)22(17(15)28)37-24-20(31)19(30)16(27)14(8-25)36-24/h4-7,14,16,19-20,24-28,30-31H,8H2,1-3H3. The molecule has 3 aromatic rings. The summed E-state index contributed by atoms with van der Waals surface area (Å²) in [5.41, 5.74) is -0.585. The summed E-state index contributed by atoms with van der Waals surface area (Å²) in [7, 11) is 3.83. The molecule has 1 aliphatic heterocycles. The Hall–Kier alpha value is -3.75. The van der Waals surface area contributed by atoms with E-state index in [9.17, 15) is 35.4 Å². The lowest BCUT2D eigenvalue weighted by Gasteiger charge is -2.39. The molecule has 2 aromatic carbocycles. The van der Waals surface area contributed by atoms with Gasteiger partial charge in [-0.25, -0.2) is 0 Å². The molecule has 0 aliphatic carbocycles. The smallest absolute Gasteiger partial charge is 0.239 e. The Morgan fingerprint density at radius 3 is 2.22 bits per heavy atom. The van der Waals surface area contributed by atoms with Crippen molar-refractivity contribution in [1.82, 2.24) is 0 Å². The predicted molar refractivity (Wildman–Crippen MR) is 125 cm³/mol. The van der Waals surface area contributed by atoms with E-state index >= 15 is 0 Å². The molecule has 200 valence electrons. The summed E-state index contributed by atoms with van der Waals surface area (Å²) in [6.45, 7) is -0.697. The Morgan fingerprint density at radius 2 is 1.59 bits per heavy atom. The van der Waals surface area contributed by atoms with E-state index in [4.69, 9.17) is 28.1 Å². The van der Waals surface area contributed by atoms with Crippen LogP contribution in [0.4, 0.5) is 0 Å². The second-order valence-corrected chi connectivity index (χ2v) is 8.13. The summed E-state index contributed by atoms with van der Waals surface area (Å²) < 4.78 is 32.5. The minimum Gasteiger partial charge on any atom is -0.504 e. The maximum Gasteiger partial charge on any atom is 0.239 e. The molecule has 5 unspecified atom stereocenters. The molecule has 5 atom stereocenters. The normalized spacial score (nSPS) is 23.6. The Balaban J connectivity index is 1.86. The third-order valence-electron chi connectivity index (χ3n) is 5.98. The van der Waals surface area contributed by atoms with E-state index < -0.39 is 54.2 Å². The second kappa shape index (κ2) is 10.3. The van der Waals surface area contributed by atoms with Crippen LogP contribution in [-0.2, 0) is 4.74 Å². The fourth-order valence-corrected chi connectivity index (χ4v) is 4.02. The highest BCUT2D eigenvalue weighted by Gasteiger charge is 2.45. The zero-order valence-corrected chi connectivity index (χ0v) is 19.9. The summed E-state index contributed by atoms with van der Waals surface area (Å²) >= 11 is 0. The van der Waals surface area contributed by atoms with Gasteiger partial charge in [0, 0.05) is 11.6 Å². The molecule has 6 N–H and O–H groups in total. The molecule has 4 rings (SSSR count). The van der Waals surface area contributed by atoms with Gasteiger partial charge in [0.15, 0.2) is 28.8 Å². The van der Waals surface area contributed by atoms with E-state index in [0.29, 0.717) is 5.56 Å². The van der Waals surface area contributed by atoms with Crippen molar-refractivity contribution in [2.75, 3.05) is 27.9 Å². The Bertz CT molecular complexity index is 1350. The minimum absolute atomic E-state index is 0.0256. The van der Waals surface area contributed by atoms with Gasteiger partial charge in [-0.2, -0.15) is 0 Å². The number of hydrogen-bond donors (Lipinski definition) is 6. The number of aromatic hydroxyl groups is 2. The average Bonchev–Trinajstić information content (AvgIpc) is 2.89. The number of phenolic OH excluding ortho intramolecular Hbond substituents is 2. The highest BCUT2D eigenvalue weighted by Crippen LogP contribution is 2.45. The van der Waals surface area contributed by atoms with Crippen LogP contribution in [0.2, 0.25) is 0 Å². The SMILES string of the molecule is COc1cc(-c2oc3cc(OC)c(OC4OC(CO)C(O)C(O)C4O)c(O)c3c(=O)c2OC)ccc1O. The lowest BCUT2D eigenvalue weighted by Crippen LogP contribution is -2.60. The van der Waals surface area contributed by atoms with E-state index in [2.05, 4.69) is 0 Å². The minimum atomic E-state index is -1.78. The molecule has 1 aliphatic rings. The summed E-state index contributed by atoms with van der Waals surface area (Å²) in [6.07, 6.45) is -8.08. The number of aliphatic hydroxyl groups excluding tert-OH is 4. The number of fused-ring (bicyclic) bond motifs is 1. The third kappa shape index (κ3) is 4.47. The molecule has 0 saturated carbocycles. The number of benzene rings is 2. The lowest BCUT2D eigenvalue weighted by atomic mass is 9.99. The first kappa shape index (κ1) is 26.3. The summed E-state index contributed by atoms with van der Waals surface area (Å²) in [5, 5.41) is 60.3. The molecule has 37 heavy (non-hydrogen) atoms. The van der Waals surface area contributed by atoms with Crippen molar-refractivity contribution in [1.29, 1.82) is 0 Å². The second-order valence-electron chi connectivity index (χ2n) is 8.13. The fourth-order valence-electron chi connectivity index (χ4n) is 4.02. The van der Waals surface area contributed by atoms with Gasteiger partial charge in [-0.1, -0.05) is 0 Å². The fraction of sp³-hybridized carbons (Fsp3) is 0.375. The van der Waals surface area contributed by atoms with Gasteiger partial charge >= 0.3 is 0 Å². The molecule has 2 heterocycles. The van der Waals surface area contributed by atoms with Gasteiger partial charge in [0.2, 0.25) is 23.2 Å². The van der Waals surface area contributed by atoms with Crippen LogP contribution in [0.1, 0.15) is 0 Å². The van der Waals surface area contributed by atoms with Crippen LogP contribution in [0.15, 0.2) is 33.5 Å². The average molecular weight is 522 g/mol. The van der Waals surface area contributed by atoms with Gasteiger partial charge in [0.1, 0.15) is 35.4 Å². The maximum atomic E-state index is 13.4. The molecule has 0 radical (unpaired) electrons. The monoisotopic (exact) mass is 522 g/mol. The molecular formula is C24H26O13. The Morgan fingerprint density at radius 1 is 0.892 bits per heavy atom. The van der Waals surface area contributed by atoms with Gasteiger partial charge in [0.25, 0.3) is 0 Å². The first-order chi connectivity index (χ1) is 17.7. The predicted octanol–water partition coefficient (Wildman–Crippen LogP) is 0.0757. The van der Waals surface area contributed by atoms with E-state index in [0.717, 1.165) is 0 Å². The highest BCUT2D eigenvalue weighted by molar-refractivity contribution is 5.91. The number of rotatable bonds is 7. The van der Waals surface area contributed by atoms with E-state index in [1.807, 2.05) is 0 Å². The van der Waals surface area contributed by atoms with Crippen molar-refractivity contribution in [2.24, 2.45) is 0 Å². The van der Waals surface area contributed by atoms with E-state index in [-0.39, 0.29) is 39.7 Å². The summed E-state index contributed by atoms with van der Waals surface area (Å²) in [5.74, 6) is -1.64. The van der Waals surface area contributed by atoms with Crippen molar-refractivity contribution in [3.63, 3.8) is 0 Å². The zero-order chi connectivity index (χ0) is 27.0. The van der Waals surface area contributed by atoms with Crippen LogP contribution in [0, 0.1) is 0 Å². The quantitative estimate of drug-likeness (QED) is 0.244. The number of methoxy groups -OCH3 is 3. The molecule has 13 heteroatoms. The summed E-state index contributed by atoms with van der Waals surface area (Å²) in [6, 6.07) is 5.48. The van der Waals surface area contributed by atoms with Gasteiger partial charge < -0.3 is 58.7 Å². The first-order valence-electron chi connectivity index (χ1n) is 11.0. The molecule has 13 nitrogen and oxygen atoms in total. The molecular weight excluding hydrogens is 496 g/mol. The molecule has 0 spiro atoms. The third-order valence-corrected chi connectivity index (χ3v) is 5.98. The molecule has 0 bridgehead atoms. The summed E-state index contributed by atoms with van der Waals surface area (Å²) in [4.78, 5) is 13.4. The van der Waals surface area contributed by atoms with Crippen molar-refractivity contribution in [3.05, 3.63) is 34.5 Å². The number of ether oxygens (including phenoxy) is 5. The van der Waals surface area contributed by atoms with Crippen LogP contribution in [0.3, 0.4) is 0 Å². The van der Waals surface area contributed by atoms with Crippen molar-refractivity contribution < 1.29 is 58.7 Å². The largest absolute Gasteiger partial charge is 0.504 e. The number of phenols is 2. The van der Waals surface area contributed by atoms with Gasteiger partial charge in [-0.3, -0.25) is 4.79 Å². The Labute approximate surface area is 209 Å². The van der Waals surface area contributed by atoms with Crippen LogP contribution < -0.4 is 24.4 Å². The molecule has 1 aromatic heterocycles. The maximum absolute atomic E-state index is 13.4. The molecule has 1 fully saturated rings. The Kier molecular flexibility index (Phi) is 7.34. The van der Waals surface area contributed by atoms with Crippen molar-refractivity contribution >= 4 is 11.0 Å². The van der Waals surface area contributed by atoms with Gasteiger partial charge in [-0.05, 0) is 18.2 Å². The highest BCUT2D eigenvalue weighted by atomic mass is 16.7.